The van der Waals surface area contributed by atoms with Gasteiger partial charge >= 0.3 is 0 Å². The van der Waals surface area contributed by atoms with Crippen molar-refractivity contribution in [3.05, 3.63) is 115 Å². The Bertz CT molecular complexity index is 1110. The molecule has 3 nitrogen and oxygen atoms in total. The first kappa shape index (κ1) is 17.6. The Morgan fingerprint density at radius 3 is 2.21 bits per heavy atom. The minimum atomic E-state index is -0.0340. The summed E-state index contributed by atoms with van der Waals surface area (Å²) in [6.07, 6.45) is 3.22. The molecule has 0 aliphatic rings. The lowest BCUT2D eigenvalue weighted by Crippen LogP contribution is -1.97. The Kier molecular flexibility index (Phi) is 5.16. The molecule has 0 saturated carbocycles. The van der Waals surface area contributed by atoms with Gasteiger partial charge in [0.25, 0.3) is 0 Å². The number of rotatable bonds is 6. The van der Waals surface area contributed by atoms with E-state index >= 15 is 0 Å². The maximum Gasteiger partial charge on any atom is 0.187 e. The van der Waals surface area contributed by atoms with E-state index in [1.54, 1.807) is 12.3 Å². The van der Waals surface area contributed by atoms with Crippen LogP contribution >= 0.6 is 0 Å². The zero-order valence-electron chi connectivity index (χ0n) is 15.2. The molecule has 4 aromatic carbocycles. The second-order valence-electron chi connectivity index (χ2n) is 6.31. The molecule has 0 aliphatic heterocycles. The topological polar surface area (TPSA) is 38.3 Å². The average molecular weight is 365 g/mol. The molecule has 4 rings (SSSR count). The second-order valence-corrected chi connectivity index (χ2v) is 6.31. The third-order valence-corrected chi connectivity index (χ3v) is 4.37. The Morgan fingerprint density at radius 1 is 0.714 bits per heavy atom. The first-order chi connectivity index (χ1) is 13.8. The lowest BCUT2D eigenvalue weighted by molar-refractivity contribution is 0.104. The van der Waals surface area contributed by atoms with Crippen molar-refractivity contribution in [2.45, 2.75) is 0 Å². The summed E-state index contributed by atoms with van der Waals surface area (Å²) in [4.78, 5) is 12.6. The lowest BCUT2D eigenvalue weighted by Gasteiger charge is -2.07. The molecule has 3 heteroatoms. The molecule has 0 spiro atoms. The van der Waals surface area contributed by atoms with Gasteiger partial charge in [0.2, 0.25) is 0 Å². The molecule has 0 aromatic heterocycles. The number of benzene rings is 4. The minimum Gasteiger partial charge on any atom is -0.457 e. The van der Waals surface area contributed by atoms with Crippen LogP contribution < -0.4 is 10.1 Å². The maximum atomic E-state index is 12.6. The van der Waals surface area contributed by atoms with Crippen molar-refractivity contribution in [3.8, 4) is 11.5 Å². The summed E-state index contributed by atoms with van der Waals surface area (Å²) < 4.78 is 5.77. The normalized spacial score (nSPS) is 10.9. The summed E-state index contributed by atoms with van der Waals surface area (Å²) in [6, 6.07) is 30.9. The molecule has 1 N–H and O–H groups in total. The Hall–Kier alpha value is -3.85. The van der Waals surface area contributed by atoms with Crippen LogP contribution in [0, 0.1) is 0 Å². The molecule has 0 heterocycles. The fraction of sp³-hybridized carbons (Fsp3) is 0. The molecule has 0 aliphatic carbocycles. The van der Waals surface area contributed by atoms with Crippen LogP contribution in [-0.2, 0) is 0 Å². The van der Waals surface area contributed by atoms with Crippen molar-refractivity contribution in [2.24, 2.45) is 0 Å². The molecular formula is C25H19NO2. The van der Waals surface area contributed by atoms with Crippen molar-refractivity contribution >= 4 is 22.2 Å². The fourth-order valence-corrected chi connectivity index (χ4v) is 2.99. The van der Waals surface area contributed by atoms with Gasteiger partial charge in [0.05, 0.1) is 0 Å². The van der Waals surface area contributed by atoms with Crippen LogP contribution in [0.2, 0.25) is 0 Å². The summed E-state index contributed by atoms with van der Waals surface area (Å²) in [5.41, 5.74) is 1.57. The van der Waals surface area contributed by atoms with Gasteiger partial charge in [-0.15, -0.1) is 0 Å². The monoisotopic (exact) mass is 365 g/mol. The van der Waals surface area contributed by atoms with Crippen molar-refractivity contribution in [1.82, 2.24) is 0 Å². The molecule has 28 heavy (non-hydrogen) atoms. The predicted molar refractivity (Wildman–Crippen MR) is 114 cm³/mol. The smallest absolute Gasteiger partial charge is 0.187 e. The summed E-state index contributed by atoms with van der Waals surface area (Å²) >= 11 is 0. The Labute approximate surface area is 163 Å². The van der Waals surface area contributed by atoms with E-state index in [9.17, 15) is 4.79 Å². The maximum absolute atomic E-state index is 12.6. The number of hydrogen-bond acceptors (Lipinski definition) is 3. The van der Waals surface area contributed by atoms with Gasteiger partial charge in [0.1, 0.15) is 11.5 Å². The van der Waals surface area contributed by atoms with E-state index in [0.717, 1.165) is 28.0 Å². The number of anilines is 1. The number of carbonyl (C=O) groups excluding carboxylic acids is 1. The molecule has 0 bridgehead atoms. The number of carbonyl (C=O) groups is 1. The quantitative estimate of drug-likeness (QED) is 0.316. The first-order valence-corrected chi connectivity index (χ1v) is 9.08. The molecule has 0 amide bonds. The fourth-order valence-electron chi connectivity index (χ4n) is 2.99. The van der Waals surface area contributed by atoms with Crippen molar-refractivity contribution in [2.75, 3.05) is 5.32 Å². The third-order valence-electron chi connectivity index (χ3n) is 4.37. The first-order valence-electron chi connectivity index (χ1n) is 9.08. The lowest BCUT2D eigenvalue weighted by atomic mass is 10.0. The highest BCUT2D eigenvalue weighted by Crippen LogP contribution is 2.23. The summed E-state index contributed by atoms with van der Waals surface area (Å²) in [5.74, 6) is 1.52. The number of fused-ring (bicyclic) bond motifs is 1. The highest BCUT2D eigenvalue weighted by atomic mass is 16.5. The van der Waals surface area contributed by atoms with Crippen molar-refractivity contribution in [1.29, 1.82) is 0 Å². The number of hydrogen-bond donors (Lipinski definition) is 1. The number of ketones is 1. The van der Waals surface area contributed by atoms with Gasteiger partial charge < -0.3 is 10.1 Å². The molecular weight excluding hydrogens is 346 g/mol. The summed E-state index contributed by atoms with van der Waals surface area (Å²) in [5, 5.41) is 5.15. The van der Waals surface area contributed by atoms with Crippen LogP contribution in [0.25, 0.3) is 10.8 Å². The van der Waals surface area contributed by atoms with E-state index < -0.39 is 0 Å². The zero-order valence-corrected chi connectivity index (χ0v) is 15.2. The van der Waals surface area contributed by atoms with Crippen LogP contribution in [0.3, 0.4) is 0 Å². The molecule has 0 saturated heterocycles. The van der Waals surface area contributed by atoms with E-state index in [-0.39, 0.29) is 5.78 Å². The van der Waals surface area contributed by atoms with Gasteiger partial charge in [-0.25, -0.2) is 0 Å². The van der Waals surface area contributed by atoms with Crippen molar-refractivity contribution in [3.63, 3.8) is 0 Å². The molecule has 0 radical (unpaired) electrons. The van der Waals surface area contributed by atoms with Gasteiger partial charge in [-0.05, 0) is 47.2 Å². The van der Waals surface area contributed by atoms with E-state index in [1.807, 2.05) is 97.1 Å². The van der Waals surface area contributed by atoms with Crippen LogP contribution in [0.15, 0.2) is 109 Å². The third kappa shape index (κ3) is 4.10. The highest BCUT2D eigenvalue weighted by Gasteiger charge is 2.06. The van der Waals surface area contributed by atoms with E-state index in [4.69, 9.17) is 4.74 Å². The summed E-state index contributed by atoms with van der Waals surface area (Å²) in [7, 11) is 0. The standard InChI is InChI=1S/C25H19NO2/c27-25(24-12-6-8-19-7-4-5-11-23(19)24)17-18-26-20-13-15-22(16-14-20)28-21-9-2-1-3-10-21/h1-18,26H/b18-17+. The van der Waals surface area contributed by atoms with Crippen LogP contribution in [0.1, 0.15) is 10.4 Å². The van der Waals surface area contributed by atoms with Crippen LogP contribution in [0.5, 0.6) is 11.5 Å². The molecule has 0 fully saturated rings. The van der Waals surface area contributed by atoms with Crippen LogP contribution in [-0.4, -0.2) is 5.78 Å². The van der Waals surface area contributed by atoms with Gasteiger partial charge in [-0.2, -0.15) is 0 Å². The van der Waals surface area contributed by atoms with Crippen LogP contribution in [0.4, 0.5) is 5.69 Å². The van der Waals surface area contributed by atoms with Gasteiger partial charge in [-0.1, -0.05) is 60.7 Å². The van der Waals surface area contributed by atoms with Gasteiger partial charge in [0.15, 0.2) is 5.78 Å². The Morgan fingerprint density at radius 2 is 1.39 bits per heavy atom. The molecule has 0 unspecified atom stereocenters. The number of nitrogens with one attached hydrogen (secondary N) is 1. The molecule has 136 valence electrons. The minimum absolute atomic E-state index is 0.0340. The predicted octanol–water partition coefficient (Wildman–Crippen LogP) is 6.44. The summed E-state index contributed by atoms with van der Waals surface area (Å²) in [6.45, 7) is 0. The largest absolute Gasteiger partial charge is 0.457 e. The Balaban J connectivity index is 1.41. The van der Waals surface area contributed by atoms with E-state index in [1.165, 1.54) is 0 Å². The molecule has 4 aromatic rings. The average Bonchev–Trinajstić information content (AvgIpc) is 2.75. The number of ether oxygens (including phenoxy) is 1. The highest BCUT2D eigenvalue weighted by molar-refractivity contribution is 6.13. The second kappa shape index (κ2) is 8.23. The van der Waals surface area contributed by atoms with E-state index in [2.05, 4.69) is 5.32 Å². The zero-order chi connectivity index (χ0) is 19.2. The number of allylic oxidation sites excluding steroid dienone is 1. The van der Waals surface area contributed by atoms with Gasteiger partial charge in [0, 0.05) is 23.5 Å². The SMILES string of the molecule is O=C(/C=C/Nc1ccc(Oc2ccccc2)cc1)c1cccc2ccccc12. The van der Waals surface area contributed by atoms with E-state index in [0.29, 0.717) is 5.56 Å². The van der Waals surface area contributed by atoms with Gasteiger partial charge in [-0.3, -0.25) is 4.79 Å². The van der Waals surface area contributed by atoms with Crippen molar-refractivity contribution < 1.29 is 9.53 Å². The number of para-hydroxylation sites is 1. The molecule has 0 atom stereocenters.